The van der Waals surface area contributed by atoms with Gasteiger partial charge in [0.25, 0.3) is 5.56 Å². The minimum Gasteiger partial charge on any atom is -0.446 e. The summed E-state index contributed by atoms with van der Waals surface area (Å²) in [5.74, 6) is 0. The number of carbonyl (C=O) groups excluding carboxylic acids is 1. The number of nitrogens with one attached hydrogen (secondary N) is 2. The summed E-state index contributed by atoms with van der Waals surface area (Å²) in [5, 5.41) is 14.4. The maximum Gasteiger partial charge on any atom is 0.422 e. The third-order valence-electron chi connectivity index (χ3n) is 2.97. The van der Waals surface area contributed by atoms with Crippen molar-refractivity contribution < 1.29 is 27.8 Å². The Morgan fingerprint density at radius 3 is 2.87 bits per heavy atom. The number of H-pyrrole nitrogens is 1. The quantitative estimate of drug-likeness (QED) is 0.446. The molecule has 2 heterocycles. The molecule has 12 nitrogen and oxygen atoms in total. The molecule has 23 heavy (non-hydrogen) atoms. The number of nitrogens with two attached hydrogens (primary N) is 1. The molecular weight excluding hydrogens is 336 g/mol. The topological polar surface area (TPSA) is 183 Å². The van der Waals surface area contributed by atoms with Gasteiger partial charge in [-0.15, -0.1) is 0 Å². The lowest BCUT2D eigenvalue weighted by atomic mass is 10.2. The lowest BCUT2D eigenvalue weighted by Gasteiger charge is -2.15. The highest BCUT2D eigenvalue weighted by Crippen LogP contribution is 2.27. The summed E-state index contributed by atoms with van der Waals surface area (Å²) in [6.07, 6.45) is -3.03. The predicted octanol–water partition coefficient (Wildman–Crippen LogP) is -2.89. The van der Waals surface area contributed by atoms with E-state index in [4.69, 9.17) is 4.74 Å². The number of carbonyl (C=O) groups is 1. The Hall–Kier alpha value is -2.22. The number of hydrogen-bond donors (Lipinski definition) is 4. The Balaban J connectivity index is 1.97. The van der Waals surface area contributed by atoms with E-state index in [9.17, 15) is 27.9 Å². The SMILES string of the molecule is NS(=O)(=O)NC(=O)OC[C@H]1O[C@@H](n2ccc(=O)[nH]c2=O)C[C@@H]1O. The Labute approximate surface area is 129 Å². The third-order valence-corrected chi connectivity index (χ3v) is 3.42. The van der Waals surface area contributed by atoms with Crippen LogP contribution in [0.2, 0.25) is 0 Å². The zero-order valence-corrected chi connectivity index (χ0v) is 12.4. The molecule has 0 unspecified atom stereocenters. The second kappa shape index (κ2) is 6.49. The zero-order chi connectivity index (χ0) is 17.2. The Kier molecular flexibility index (Phi) is 4.84. The molecule has 0 radical (unpaired) electrons. The first-order chi connectivity index (χ1) is 10.7. The first kappa shape index (κ1) is 17.1. The first-order valence-corrected chi connectivity index (χ1v) is 7.82. The molecule has 13 heteroatoms. The average molecular weight is 350 g/mol. The molecule has 0 bridgehead atoms. The summed E-state index contributed by atoms with van der Waals surface area (Å²) in [6, 6.07) is 1.11. The maximum atomic E-state index is 11.6. The highest BCUT2D eigenvalue weighted by atomic mass is 32.2. The summed E-state index contributed by atoms with van der Waals surface area (Å²) in [6.45, 7) is -0.461. The minimum atomic E-state index is -4.25. The molecule has 0 saturated carbocycles. The van der Waals surface area contributed by atoms with Gasteiger partial charge in [-0.25, -0.2) is 19.5 Å². The number of aliphatic hydroxyl groups excluding tert-OH is 1. The van der Waals surface area contributed by atoms with E-state index in [0.717, 1.165) is 10.6 Å². The third kappa shape index (κ3) is 4.62. The minimum absolute atomic E-state index is 0.0107. The van der Waals surface area contributed by atoms with Gasteiger partial charge in [-0.1, -0.05) is 0 Å². The van der Waals surface area contributed by atoms with Gasteiger partial charge in [0, 0.05) is 18.7 Å². The Morgan fingerprint density at radius 1 is 1.57 bits per heavy atom. The van der Waals surface area contributed by atoms with E-state index in [1.54, 1.807) is 0 Å². The second-order valence-corrected chi connectivity index (χ2v) is 5.99. The molecule has 0 aliphatic carbocycles. The van der Waals surface area contributed by atoms with Crippen LogP contribution in [0.1, 0.15) is 12.6 Å². The number of aromatic nitrogens is 2. The lowest BCUT2D eigenvalue weighted by Crippen LogP contribution is -2.38. The van der Waals surface area contributed by atoms with Gasteiger partial charge in [0.1, 0.15) is 18.9 Å². The molecule has 0 spiro atoms. The molecule has 5 N–H and O–H groups in total. The summed E-state index contributed by atoms with van der Waals surface area (Å²) in [4.78, 5) is 35.8. The number of ether oxygens (including phenoxy) is 2. The smallest absolute Gasteiger partial charge is 0.422 e. The second-order valence-electron chi connectivity index (χ2n) is 4.70. The molecule has 1 aliphatic heterocycles. The molecule has 1 fully saturated rings. The van der Waals surface area contributed by atoms with Crippen LogP contribution in [0, 0.1) is 0 Å². The van der Waals surface area contributed by atoms with Crippen LogP contribution >= 0.6 is 0 Å². The van der Waals surface area contributed by atoms with Crippen molar-refractivity contribution in [3.05, 3.63) is 33.1 Å². The number of hydrogen-bond acceptors (Lipinski definition) is 8. The van der Waals surface area contributed by atoms with Crippen molar-refractivity contribution in [1.82, 2.24) is 14.3 Å². The summed E-state index contributed by atoms with van der Waals surface area (Å²) < 4.78 is 33.6. The average Bonchev–Trinajstić information content (AvgIpc) is 2.75. The van der Waals surface area contributed by atoms with Crippen LogP contribution in [0.4, 0.5) is 4.79 Å². The molecule has 1 aromatic rings. The molecule has 128 valence electrons. The zero-order valence-electron chi connectivity index (χ0n) is 11.5. The Bertz CT molecular complexity index is 800. The standard InChI is InChI=1S/C10H14N4O8S/c11-23(19,20)13-10(18)21-4-6-5(15)3-8(22-6)14-2-1-7(16)12-9(14)17/h1-2,5-6,8,15H,3-4H2,(H,13,18)(H2,11,19,20)(H,12,16,17)/t5-,6+,8+/m0/s1. The van der Waals surface area contributed by atoms with Crippen molar-refractivity contribution in [3.8, 4) is 0 Å². The maximum absolute atomic E-state index is 11.6. The van der Waals surface area contributed by atoms with Crippen molar-refractivity contribution in [2.75, 3.05) is 6.61 Å². The fourth-order valence-electron chi connectivity index (χ4n) is 1.99. The molecule has 1 aromatic heterocycles. The van der Waals surface area contributed by atoms with Crippen LogP contribution in [0.15, 0.2) is 21.9 Å². The number of amides is 1. The van der Waals surface area contributed by atoms with Gasteiger partial charge in [0.15, 0.2) is 0 Å². The fraction of sp³-hybridized carbons (Fsp3) is 0.500. The fourth-order valence-corrected chi connectivity index (χ4v) is 2.28. The van der Waals surface area contributed by atoms with Crippen LogP contribution in [0.25, 0.3) is 0 Å². The largest absolute Gasteiger partial charge is 0.446 e. The molecule has 1 saturated heterocycles. The van der Waals surface area contributed by atoms with E-state index in [0.29, 0.717) is 0 Å². The van der Waals surface area contributed by atoms with Gasteiger partial charge in [-0.2, -0.15) is 8.42 Å². The summed E-state index contributed by atoms with van der Waals surface area (Å²) >= 11 is 0. The number of rotatable bonds is 4. The van der Waals surface area contributed by atoms with E-state index in [1.807, 2.05) is 4.98 Å². The van der Waals surface area contributed by atoms with Gasteiger partial charge < -0.3 is 14.6 Å². The van der Waals surface area contributed by atoms with E-state index in [2.05, 4.69) is 9.88 Å². The molecule has 1 aliphatic rings. The van der Waals surface area contributed by atoms with E-state index in [-0.39, 0.29) is 6.42 Å². The van der Waals surface area contributed by atoms with E-state index >= 15 is 0 Å². The number of aliphatic hydroxyl groups is 1. The van der Waals surface area contributed by atoms with Gasteiger partial charge in [-0.05, 0) is 0 Å². The van der Waals surface area contributed by atoms with E-state index in [1.165, 1.54) is 10.9 Å². The monoisotopic (exact) mass is 350 g/mol. The van der Waals surface area contributed by atoms with Gasteiger partial charge in [0.05, 0.1) is 6.10 Å². The molecule has 1 amide bonds. The number of aromatic amines is 1. The highest BCUT2D eigenvalue weighted by molar-refractivity contribution is 7.87. The molecule has 3 atom stereocenters. The number of nitrogens with zero attached hydrogens (tertiary/aromatic N) is 1. The van der Waals surface area contributed by atoms with Crippen molar-refractivity contribution >= 4 is 16.3 Å². The van der Waals surface area contributed by atoms with Crippen molar-refractivity contribution in [3.63, 3.8) is 0 Å². The van der Waals surface area contributed by atoms with Crippen molar-refractivity contribution in [2.24, 2.45) is 5.14 Å². The van der Waals surface area contributed by atoms with Crippen LogP contribution in [0.3, 0.4) is 0 Å². The van der Waals surface area contributed by atoms with Gasteiger partial charge in [0.2, 0.25) is 0 Å². The van der Waals surface area contributed by atoms with Gasteiger partial charge in [-0.3, -0.25) is 14.3 Å². The lowest BCUT2D eigenvalue weighted by molar-refractivity contribution is -0.0484. The molecule has 0 aromatic carbocycles. The first-order valence-electron chi connectivity index (χ1n) is 6.28. The summed E-state index contributed by atoms with van der Waals surface area (Å²) in [5.41, 5.74) is -1.30. The molecule has 2 rings (SSSR count). The Morgan fingerprint density at radius 2 is 2.26 bits per heavy atom. The van der Waals surface area contributed by atoms with E-state index < -0.39 is 52.6 Å². The van der Waals surface area contributed by atoms with Crippen LogP contribution in [0.5, 0.6) is 0 Å². The molecular formula is C10H14N4O8S. The summed E-state index contributed by atoms with van der Waals surface area (Å²) in [7, 11) is -4.25. The highest BCUT2D eigenvalue weighted by Gasteiger charge is 2.36. The van der Waals surface area contributed by atoms with Gasteiger partial charge >= 0.3 is 22.0 Å². The van der Waals surface area contributed by atoms with Crippen molar-refractivity contribution in [1.29, 1.82) is 0 Å². The van der Waals surface area contributed by atoms with Crippen LogP contribution in [-0.4, -0.2) is 48.0 Å². The normalized spacial score (nSPS) is 24.3. The predicted molar refractivity (Wildman–Crippen MR) is 73.4 cm³/mol. The van der Waals surface area contributed by atoms with Crippen LogP contribution in [-0.2, 0) is 19.7 Å². The van der Waals surface area contributed by atoms with Crippen LogP contribution < -0.4 is 21.1 Å². The van der Waals surface area contributed by atoms with Crippen molar-refractivity contribution in [2.45, 2.75) is 24.9 Å².